The van der Waals surface area contributed by atoms with E-state index >= 15 is 0 Å². The summed E-state index contributed by atoms with van der Waals surface area (Å²) in [5.41, 5.74) is 16.5. The number of carbonyl (C=O) groups excluding carboxylic acids is 3. The number of aliphatic carboxylic acids is 1. The first kappa shape index (κ1) is 31.4. The molecule has 0 aromatic heterocycles. The van der Waals surface area contributed by atoms with Crippen LogP contribution in [0.2, 0.25) is 0 Å². The summed E-state index contributed by atoms with van der Waals surface area (Å²) in [5, 5.41) is 25.7. The van der Waals surface area contributed by atoms with Crippen LogP contribution >= 0.6 is 11.8 Å². The number of thioether (sulfide) groups is 1. The second kappa shape index (κ2) is 16.9. The molecule has 0 saturated heterocycles. The standard InChI is InChI=1S/C20H39N7O6S/c1-4-11(2)15(27-16(29)12(21)7-9-34-3)18(31)25-13(6-5-8-24-20(22)23)17(30)26-14(10-28)19(32)33/h11-15,28H,4-10,21H2,1-3H3,(H,25,31)(H,26,30)(H,27,29)(H,32,33)(H4,22,23,24). The van der Waals surface area contributed by atoms with Gasteiger partial charge in [-0.15, -0.1) is 0 Å². The van der Waals surface area contributed by atoms with Gasteiger partial charge >= 0.3 is 5.97 Å². The number of carboxylic acids is 1. The van der Waals surface area contributed by atoms with Gasteiger partial charge in [-0.25, -0.2) is 4.79 Å². The fourth-order valence-electron chi connectivity index (χ4n) is 2.83. The molecule has 13 nitrogen and oxygen atoms in total. The molecule has 0 aliphatic carbocycles. The molecule has 0 aromatic rings. The predicted octanol–water partition coefficient (Wildman–Crippen LogP) is -2.30. The van der Waals surface area contributed by atoms with Crippen LogP contribution in [0, 0.1) is 5.92 Å². The van der Waals surface area contributed by atoms with E-state index in [9.17, 15) is 24.3 Å². The maximum atomic E-state index is 13.1. The van der Waals surface area contributed by atoms with Crippen molar-refractivity contribution in [2.45, 2.75) is 63.7 Å². The molecule has 196 valence electrons. The Balaban J connectivity index is 5.52. The van der Waals surface area contributed by atoms with Gasteiger partial charge in [0, 0.05) is 6.54 Å². The molecule has 34 heavy (non-hydrogen) atoms. The van der Waals surface area contributed by atoms with Crippen molar-refractivity contribution in [3.05, 3.63) is 0 Å². The molecule has 0 aromatic carbocycles. The van der Waals surface area contributed by atoms with E-state index in [1.165, 1.54) is 0 Å². The number of rotatable bonds is 17. The zero-order chi connectivity index (χ0) is 26.3. The smallest absolute Gasteiger partial charge is 0.328 e. The predicted molar refractivity (Wildman–Crippen MR) is 131 cm³/mol. The van der Waals surface area contributed by atoms with Crippen LogP contribution in [0.25, 0.3) is 0 Å². The largest absolute Gasteiger partial charge is 0.480 e. The van der Waals surface area contributed by atoms with Crippen molar-refractivity contribution in [2.24, 2.45) is 28.1 Å². The molecule has 0 heterocycles. The van der Waals surface area contributed by atoms with E-state index in [0.29, 0.717) is 25.0 Å². The maximum absolute atomic E-state index is 13.1. The molecule has 0 aliphatic rings. The first-order valence-electron chi connectivity index (χ1n) is 11.0. The summed E-state index contributed by atoms with van der Waals surface area (Å²) < 4.78 is 0. The normalized spacial score (nSPS) is 15.2. The number of aliphatic hydroxyl groups is 1. The first-order valence-corrected chi connectivity index (χ1v) is 12.4. The van der Waals surface area contributed by atoms with Crippen LogP contribution in [0.4, 0.5) is 0 Å². The summed E-state index contributed by atoms with van der Waals surface area (Å²) in [6.07, 6.45) is 3.28. The van der Waals surface area contributed by atoms with E-state index in [1.807, 2.05) is 13.2 Å². The third kappa shape index (κ3) is 12.0. The number of hydrogen-bond acceptors (Lipinski definition) is 8. The summed E-state index contributed by atoms with van der Waals surface area (Å²) in [7, 11) is 0. The van der Waals surface area contributed by atoms with Crippen LogP contribution in [0.15, 0.2) is 4.99 Å². The monoisotopic (exact) mass is 505 g/mol. The van der Waals surface area contributed by atoms with Crippen LogP contribution in [0.5, 0.6) is 0 Å². The molecule has 11 N–H and O–H groups in total. The molecule has 0 radical (unpaired) electrons. The zero-order valence-corrected chi connectivity index (χ0v) is 20.8. The van der Waals surface area contributed by atoms with E-state index in [4.69, 9.17) is 22.3 Å². The molecule has 3 amide bonds. The molecule has 0 bridgehead atoms. The fraction of sp³-hybridized carbons (Fsp3) is 0.750. The Labute approximate surface area is 204 Å². The molecule has 5 atom stereocenters. The van der Waals surface area contributed by atoms with Gasteiger partial charge in [-0.2, -0.15) is 11.8 Å². The molecule has 0 fully saturated rings. The van der Waals surface area contributed by atoms with Crippen LogP contribution in [-0.2, 0) is 19.2 Å². The zero-order valence-electron chi connectivity index (χ0n) is 20.0. The molecule has 0 rings (SSSR count). The Morgan fingerprint density at radius 2 is 1.62 bits per heavy atom. The van der Waals surface area contributed by atoms with Crippen molar-refractivity contribution in [1.29, 1.82) is 0 Å². The van der Waals surface area contributed by atoms with Gasteiger partial charge in [0.25, 0.3) is 0 Å². The van der Waals surface area contributed by atoms with Gasteiger partial charge in [0.2, 0.25) is 17.7 Å². The summed E-state index contributed by atoms with van der Waals surface area (Å²) in [5.74, 6) is -3.04. The van der Waals surface area contributed by atoms with Gasteiger partial charge in [-0.05, 0) is 37.2 Å². The molecule has 5 unspecified atom stereocenters. The minimum absolute atomic E-state index is 0.0839. The molecular formula is C20H39N7O6S. The second-order valence-corrected chi connectivity index (χ2v) is 8.84. The Hall–Kier alpha value is -2.58. The molecule has 0 saturated carbocycles. The molecule has 0 spiro atoms. The van der Waals surface area contributed by atoms with Crippen molar-refractivity contribution in [3.63, 3.8) is 0 Å². The summed E-state index contributed by atoms with van der Waals surface area (Å²) in [6, 6.07) is -4.43. The van der Waals surface area contributed by atoms with Crippen LogP contribution in [0.1, 0.15) is 39.5 Å². The minimum atomic E-state index is -1.54. The highest BCUT2D eigenvalue weighted by Gasteiger charge is 2.32. The van der Waals surface area contributed by atoms with Gasteiger partial charge in [-0.1, -0.05) is 20.3 Å². The van der Waals surface area contributed by atoms with Gasteiger partial charge in [0.15, 0.2) is 5.96 Å². The van der Waals surface area contributed by atoms with E-state index in [0.717, 1.165) is 0 Å². The maximum Gasteiger partial charge on any atom is 0.328 e. The summed E-state index contributed by atoms with van der Waals surface area (Å²) >= 11 is 1.55. The summed E-state index contributed by atoms with van der Waals surface area (Å²) in [4.78, 5) is 53.3. The lowest BCUT2D eigenvalue weighted by Crippen LogP contribution is -2.59. The topological polar surface area (TPSA) is 235 Å². The van der Waals surface area contributed by atoms with Crippen molar-refractivity contribution in [2.75, 3.05) is 25.2 Å². The van der Waals surface area contributed by atoms with E-state index in [1.54, 1.807) is 18.7 Å². The van der Waals surface area contributed by atoms with E-state index in [2.05, 4.69) is 20.9 Å². The van der Waals surface area contributed by atoms with Crippen LogP contribution in [0.3, 0.4) is 0 Å². The van der Waals surface area contributed by atoms with Crippen molar-refractivity contribution in [3.8, 4) is 0 Å². The average Bonchev–Trinajstić information content (AvgIpc) is 2.79. The highest BCUT2D eigenvalue weighted by atomic mass is 32.2. The van der Waals surface area contributed by atoms with Crippen molar-refractivity contribution in [1.82, 2.24) is 16.0 Å². The molecule has 14 heteroatoms. The average molecular weight is 506 g/mol. The number of aliphatic hydroxyl groups excluding tert-OH is 1. The Morgan fingerprint density at radius 1 is 1.00 bits per heavy atom. The van der Waals surface area contributed by atoms with Gasteiger partial charge in [-0.3, -0.25) is 19.4 Å². The van der Waals surface area contributed by atoms with Gasteiger partial charge in [0.1, 0.15) is 18.1 Å². The number of carboxylic acid groups (broad SMARTS) is 1. The van der Waals surface area contributed by atoms with E-state index in [-0.39, 0.29) is 24.8 Å². The Morgan fingerprint density at radius 3 is 2.12 bits per heavy atom. The lowest BCUT2D eigenvalue weighted by atomic mass is 9.97. The lowest BCUT2D eigenvalue weighted by molar-refractivity contribution is -0.143. The highest BCUT2D eigenvalue weighted by molar-refractivity contribution is 7.98. The van der Waals surface area contributed by atoms with Crippen molar-refractivity contribution < 1.29 is 29.4 Å². The number of aliphatic imine (C=N–C) groups is 1. The van der Waals surface area contributed by atoms with Gasteiger partial charge in [0.05, 0.1) is 12.6 Å². The minimum Gasteiger partial charge on any atom is -0.480 e. The molecular weight excluding hydrogens is 466 g/mol. The number of nitrogens with zero attached hydrogens (tertiary/aromatic N) is 1. The number of carbonyl (C=O) groups is 4. The number of amides is 3. The number of nitrogens with two attached hydrogens (primary N) is 3. The highest BCUT2D eigenvalue weighted by Crippen LogP contribution is 2.11. The summed E-state index contributed by atoms with van der Waals surface area (Å²) in [6.45, 7) is 2.98. The first-order chi connectivity index (χ1) is 16.0. The fourth-order valence-corrected chi connectivity index (χ4v) is 3.32. The number of nitrogens with one attached hydrogen (secondary N) is 3. The van der Waals surface area contributed by atoms with Gasteiger partial charge < -0.3 is 43.4 Å². The Bertz CT molecular complexity index is 705. The molecule has 0 aliphatic heterocycles. The lowest BCUT2D eigenvalue weighted by Gasteiger charge is -2.28. The SMILES string of the molecule is CCC(C)C(NC(=O)C(N)CCSC)C(=O)NC(CCCN=C(N)N)C(=O)NC(CO)C(=O)O. The third-order valence-corrected chi connectivity index (χ3v) is 5.78. The van der Waals surface area contributed by atoms with Crippen molar-refractivity contribution >= 4 is 41.4 Å². The quantitative estimate of drug-likeness (QED) is 0.0597. The van der Waals surface area contributed by atoms with Crippen LogP contribution < -0.4 is 33.2 Å². The Kier molecular flexibility index (Phi) is 15.7. The van der Waals surface area contributed by atoms with Crippen LogP contribution in [-0.4, -0.2) is 89.2 Å². The third-order valence-electron chi connectivity index (χ3n) is 5.14. The van der Waals surface area contributed by atoms with E-state index < -0.39 is 54.5 Å². The number of hydrogen-bond donors (Lipinski definition) is 8. The number of guanidine groups is 1. The second-order valence-electron chi connectivity index (χ2n) is 7.85.